The molecule has 1 saturated carbocycles. The zero-order chi connectivity index (χ0) is 10.7. The lowest BCUT2D eigenvalue weighted by Crippen LogP contribution is -2.44. The molecule has 2 amide bonds. The number of imide groups is 1. The lowest BCUT2D eigenvalue weighted by Gasteiger charge is -2.25. The fourth-order valence-corrected chi connectivity index (χ4v) is 2.48. The maximum absolute atomic E-state index is 11.8. The Labute approximate surface area is 82.9 Å². The number of likely N-dealkylation sites (tertiary alicyclic amines) is 1. The molecule has 3 atom stereocenters. The fourth-order valence-electron chi connectivity index (χ4n) is 2.48. The molecule has 2 fully saturated rings. The standard InChI is InChI=1S/C10H15NO3/c1-5(4-12)11-8(13)6-7(9(11)14)10(6,2)3/h5-7,12H,4H2,1-3H3/t5-,6?,7?/m0/s1. The summed E-state index contributed by atoms with van der Waals surface area (Å²) in [5, 5.41) is 8.92. The van der Waals surface area contributed by atoms with Gasteiger partial charge in [0, 0.05) is 0 Å². The molecule has 1 heterocycles. The summed E-state index contributed by atoms with van der Waals surface area (Å²) in [6, 6.07) is -0.376. The number of amides is 2. The first-order chi connectivity index (χ1) is 6.42. The molecule has 1 N–H and O–H groups in total. The van der Waals surface area contributed by atoms with E-state index in [2.05, 4.69) is 0 Å². The van der Waals surface area contributed by atoms with Gasteiger partial charge in [-0.1, -0.05) is 13.8 Å². The fraction of sp³-hybridized carbons (Fsp3) is 0.800. The molecule has 2 aliphatic rings. The van der Waals surface area contributed by atoms with Crippen LogP contribution in [-0.2, 0) is 9.59 Å². The summed E-state index contributed by atoms with van der Waals surface area (Å²) in [7, 11) is 0. The van der Waals surface area contributed by atoms with Crippen molar-refractivity contribution < 1.29 is 14.7 Å². The van der Waals surface area contributed by atoms with E-state index in [1.807, 2.05) is 13.8 Å². The van der Waals surface area contributed by atoms with Crippen LogP contribution in [0.3, 0.4) is 0 Å². The van der Waals surface area contributed by atoms with Gasteiger partial charge in [-0.2, -0.15) is 0 Å². The zero-order valence-corrected chi connectivity index (χ0v) is 8.65. The number of carbonyl (C=O) groups excluding carboxylic acids is 2. The van der Waals surface area contributed by atoms with Crippen LogP contribution in [0.25, 0.3) is 0 Å². The summed E-state index contributed by atoms with van der Waals surface area (Å²) in [4.78, 5) is 24.8. The zero-order valence-electron chi connectivity index (χ0n) is 8.65. The third kappa shape index (κ3) is 0.919. The van der Waals surface area contributed by atoms with Gasteiger partial charge in [0.05, 0.1) is 24.5 Å². The van der Waals surface area contributed by atoms with Crippen molar-refractivity contribution in [2.45, 2.75) is 26.8 Å². The molecule has 1 aliphatic heterocycles. The van der Waals surface area contributed by atoms with Gasteiger partial charge in [0.25, 0.3) is 0 Å². The quantitative estimate of drug-likeness (QED) is 0.634. The van der Waals surface area contributed by atoms with Crippen LogP contribution < -0.4 is 0 Å². The van der Waals surface area contributed by atoms with E-state index in [-0.39, 0.29) is 41.7 Å². The Morgan fingerprint density at radius 1 is 1.36 bits per heavy atom. The normalized spacial score (nSPS) is 35.9. The van der Waals surface area contributed by atoms with E-state index in [4.69, 9.17) is 5.11 Å². The number of aliphatic hydroxyl groups is 1. The molecule has 4 nitrogen and oxygen atoms in total. The smallest absolute Gasteiger partial charge is 0.234 e. The van der Waals surface area contributed by atoms with Gasteiger partial charge in [-0.3, -0.25) is 14.5 Å². The minimum absolute atomic E-state index is 0.105. The maximum Gasteiger partial charge on any atom is 0.234 e. The molecule has 1 aliphatic carbocycles. The van der Waals surface area contributed by atoms with Crippen LogP contribution in [0.1, 0.15) is 20.8 Å². The minimum Gasteiger partial charge on any atom is -0.394 e. The van der Waals surface area contributed by atoms with E-state index in [0.29, 0.717) is 0 Å². The molecule has 0 spiro atoms. The number of fused-ring (bicyclic) bond motifs is 1. The van der Waals surface area contributed by atoms with Crippen molar-refractivity contribution in [2.75, 3.05) is 6.61 Å². The van der Waals surface area contributed by atoms with Crippen molar-refractivity contribution >= 4 is 11.8 Å². The molecule has 0 aromatic carbocycles. The summed E-state index contributed by atoms with van der Waals surface area (Å²) in [6.07, 6.45) is 0. The van der Waals surface area contributed by atoms with E-state index in [0.717, 1.165) is 0 Å². The highest BCUT2D eigenvalue weighted by Crippen LogP contribution is 2.63. The average Bonchev–Trinajstić information content (AvgIpc) is 2.55. The summed E-state index contributed by atoms with van der Waals surface area (Å²) < 4.78 is 0. The molecule has 2 unspecified atom stereocenters. The van der Waals surface area contributed by atoms with E-state index >= 15 is 0 Å². The molecule has 1 saturated heterocycles. The molecule has 0 aromatic rings. The van der Waals surface area contributed by atoms with Gasteiger partial charge in [-0.15, -0.1) is 0 Å². The SMILES string of the molecule is C[C@@H](CO)N1C(=O)C2C(C1=O)C2(C)C. The third-order valence-electron chi connectivity index (χ3n) is 3.54. The Balaban J connectivity index is 2.22. The second-order valence-corrected chi connectivity index (χ2v) is 4.85. The molecule has 2 rings (SSSR count). The van der Waals surface area contributed by atoms with Gasteiger partial charge >= 0.3 is 0 Å². The highest BCUT2D eigenvalue weighted by Gasteiger charge is 2.72. The van der Waals surface area contributed by atoms with Crippen LogP contribution in [0.5, 0.6) is 0 Å². The molecule has 0 bridgehead atoms. The van der Waals surface area contributed by atoms with Crippen molar-refractivity contribution in [2.24, 2.45) is 17.3 Å². The minimum atomic E-state index is -0.376. The van der Waals surface area contributed by atoms with Gasteiger partial charge in [0.1, 0.15) is 0 Å². The van der Waals surface area contributed by atoms with E-state index in [1.54, 1.807) is 6.92 Å². The van der Waals surface area contributed by atoms with Crippen molar-refractivity contribution in [3.8, 4) is 0 Å². The van der Waals surface area contributed by atoms with Crippen LogP contribution in [0.15, 0.2) is 0 Å². The topological polar surface area (TPSA) is 57.6 Å². The van der Waals surface area contributed by atoms with Crippen LogP contribution in [0.2, 0.25) is 0 Å². The Hall–Kier alpha value is -0.900. The number of carbonyl (C=O) groups is 2. The van der Waals surface area contributed by atoms with Crippen molar-refractivity contribution in [3.63, 3.8) is 0 Å². The molecule has 0 aromatic heterocycles. The van der Waals surface area contributed by atoms with Crippen molar-refractivity contribution in [3.05, 3.63) is 0 Å². The first-order valence-corrected chi connectivity index (χ1v) is 4.90. The van der Waals surface area contributed by atoms with E-state index in [9.17, 15) is 9.59 Å². The molecule has 78 valence electrons. The Kier molecular flexibility index (Phi) is 1.77. The maximum atomic E-state index is 11.8. The average molecular weight is 197 g/mol. The largest absolute Gasteiger partial charge is 0.394 e. The summed E-state index contributed by atoms with van der Waals surface area (Å²) in [5.41, 5.74) is -0.153. The van der Waals surface area contributed by atoms with E-state index < -0.39 is 0 Å². The Bertz CT molecular complexity index is 286. The van der Waals surface area contributed by atoms with Gasteiger partial charge in [0.2, 0.25) is 11.8 Å². The summed E-state index contributed by atoms with van der Waals surface area (Å²) in [6.45, 7) is 5.42. The van der Waals surface area contributed by atoms with Crippen molar-refractivity contribution in [1.29, 1.82) is 0 Å². The van der Waals surface area contributed by atoms with Gasteiger partial charge in [0.15, 0.2) is 0 Å². The highest BCUT2D eigenvalue weighted by molar-refractivity contribution is 6.10. The Morgan fingerprint density at radius 3 is 2.14 bits per heavy atom. The third-order valence-corrected chi connectivity index (χ3v) is 3.54. The number of hydrogen-bond donors (Lipinski definition) is 1. The second-order valence-electron chi connectivity index (χ2n) is 4.85. The number of hydrogen-bond acceptors (Lipinski definition) is 3. The molecule has 0 radical (unpaired) electrons. The first kappa shape index (κ1) is 9.65. The van der Waals surface area contributed by atoms with E-state index in [1.165, 1.54) is 4.90 Å². The van der Waals surface area contributed by atoms with Gasteiger partial charge < -0.3 is 5.11 Å². The molecular formula is C10H15NO3. The van der Waals surface area contributed by atoms with Crippen molar-refractivity contribution in [1.82, 2.24) is 4.90 Å². The van der Waals surface area contributed by atoms with Crippen LogP contribution >= 0.6 is 0 Å². The van der Waals surface area contributed by atoms with Crippen LogP contribution in [0.4, 0.5) is 0 Å². The first-order valence-electron chi connectivity index (χ1n) is 4.90. The highest BCUT2D eigenvalue weighted by atomic mass is 16.3. The summed E-state index contributed by atoms with van der Waals surface area (Å²) in [5.74, 6) is -0.480. The molecule has 4 heteroatoms. The van der Waals surface area contributed by atoms with Crippen LogP contribution in [0, 0.1) is 17.3 Å². The molecule has 14 heavy (non-hydrogen) atoms. The predicted molar refractivity (Wildman–Crippen MR) is 49.2 cm³/mol. The van der Waals surface area contributed by atoms with Crippen LogP contribution in [-0.4, -0.2) is 34.5 Å². The molecular weight excluding hydrogens is 182 g/mol. The number of aliphatic hydroxyl groups excluding tert-OH is 1. The second kappa shape index (κ2) is 2.57. The lowest BCUT2D eigenvalue weighted by atomic mass is 10.0. The number of piperidine rings is 1. The lowest BCUT2D eigenvalue weighted by molar-refractivity contribution is -0.146. The number of rotatable bonds is 2. The van der Waals surface area contributed by atoms with Gasteiger partial charge in [-0.25, -0.2) is 0 Å². The Morgan fingerprint density at radius 2 is 1.79 bits per heavy atom. The number of nitrogens with zero attached hydrogens (tertiary/aromatic N) is 1. The predicted octanol–water partition coefficient (Wildman–Crippen LogP) is 0.00820. The summed E-state index contributed by atoms with van der Waals surface area (Å²) >= 11 is 0. The van der Waals surface area contributed by atoms with Gasteiger partial charge in [-0.05, 0) is 12.3 Å². The monoisotopic (exact) mass is 197 g/mol.